The molecular formula is C19H31Cl2N3O2. The van der Waals surface area contributed by atoms with Crippen LogP contribution in [0.15, 0.2) is 24.3 Å². The van der Waals surface area contributed by atoms with Crippen LogP contribution in [0.25, 0.3) is 0 Å². The predicted molar refractivity (Wildman–Crippen MR) is 110 cm³/mol. The highest BCUT2D eigenvalue weighted by molar-refractivity contribution is 5.93. The molecule has 4 N–H and O–H groups in total. The number of rotatable bonds is 5. The number of anilines is 1. The van der Waals surface area contributed by atoms with E-state index < -0.39 is 0 Å². The molecule has 0 aromatic heterocycles. The van der Waals surface area contributed by atoms with Crippen molar-refractivity contribution in [3.05, 3.63) is 29.8 Å². The molecule has 5 nitrogen and oxygen atoms in total. The molecule has 1 saturated carbocycles. The number of benzene rings is 1. The summed E-state index contributed by atoms with van der Waals surface area (Å²) in [5, 5.41) is 12.7. The van der Waals surface area contributed by atoms with Gasteiger partial charge in [-0.2, -0.15) is 0 Å². The first-order chi connectivity index (χ1) is 11.7. The summed E-state index contributed by atoms with van der Waals surface area (Å²) in [6, 6.07) is 8.11. The molecule has 0 radical (unpaired) electrons. The highest BCUT2D eigenvalue weighted by Crippen LogP contribution is 2.32. The Balaban J connectivity index is 0.00000169. The lowest BCUT2D eigenvalue weighted by atomic mass is 9.95. The predicted octanol–water partition coefficient (Wildman–Crippen LogP) is 2.80. The van der Waals surface area contributed by atoms with Crippen molar-refractivity contribution in [1.29, 1.82) is 0 Å². The van der Waals surface area contributed by atoms with E-state index >= 15 is 0 Å². The number of hydrogen-bond acceptors (Lipinski definition) is 4. The van der Waals surface area contributed by atoms with Gasteiger partial charge in [-0.3, -0.25) is 9.69 Å². The SMILES string of the molecule is Cl.Cl.NC[C@H]1CCC[C@H]1C(=O)Nc1cccc(CN2CCC(O)CC2)c1. The normalized spacial score (nSPS) is 23.8. The van der Waals surface area contributed by atoms with E-state index in [4.69, 9.17) is 5.73 Å². The van der Waals surface area contributed by atoms with E-state index in [0.29, 0.717) is 12.5 Å². The van der Waals surface area contributed by atoms with E-state index in [-0.39, 0.29) is 42.7 Å². The first kappa shape index (κ1) is 23.2. The number of piperidine rings is 1. The van der Waals surface area contributed by atoms with Gasteiger partial charge in [-0.05, 0) is 55.8 Å². The number of carbonyl (C=O) groups excluding carboxylic acids is 1. The van der Waals surface area contributed by atoms with Crippen molar-refractivity contribution >= 4 is 36.4 Å². The zero-order valence-corrected chi connectivity index (χ0v) is 16.7. The van der Waals surface area contributed by atoms with E-state index in [1.54, 1.807) is 0 Å². The molecule has 2 fully saturated rings. The van der Waals surface area contributed by atoms with E-state index in [9.17, 15) is 9.90 Å². The van der Waals surface area contributed by atoms with Gasteiger partial charge in [-0.25, -0.2) is 0 Å². The van der Waals surface area contributed by atoms with Crippen LogP contribution in [0.4, 0.5) is 5.69 Å². The fourth-order valence-electron chi connectivity index (χ4n) is 3.98. The summed E-state index contributed by atoms with van der Waals surface area (Å²) < 4.78 is 0. The van der Waals surface area contributed by atoms with Gasteiger partial charge in [0.15, 0.2) is 0 Å². The monoisotopic (exact) mass is 403 g/mol. The second-order valence-electron chi connectivity index (χ2n) is 7.23. The number of aliphatic hydroxyl groups excluding tert-OH is 1. The van der Waals surface area contributed by atoms with Crippen LogP contribution in [0, 0.1) is 11.8 Å². The summed E-state index contributed by atoms with van der Waals surface area (Å²) in [5.41, 5.74) is 7.86. The van der Waals surface area contributed by atoms with Crippen molar-refractivity contribution in [2.75, 3.05) is 25.0 Å². The largest absolute Gasteiger partial charge is 0.393 e. The van der Waals surface area contributed by atoms with Crippen LogP contribution in [-0.2, 0) is 11.3 Å². The molecule has 1 aliphatic heterocycles. The lowest BCUT2D eigenvalue weighted by Gasteiger charge is -2.29. The zero-order chi connectivity index (χ0) is 16.9. The lowest BCUT2D eigenvalue weighted by Crippen LogP contribution is -2.35. The van der Waals surface area contributed by atoms with Crippen molar-refractivity contribution in [3.63, 3.8) is 0 Å². The van der Waals surface area contributed by atoms with E-state index in [2.05, 4.69) is 22.3 Å². The molecule has 2 atom stereocenters. The third-order valence-electron chi connectivity index (χ3n) is 5.46. The van der Waals surface area contributed by atoms with E-state index in [1.807, 2.05) is 12.1 Å². The van der Waals surface area contributed by atoms with Gasteiger partial charge in [-0.1, -0.05) is 18.6 Å². The highest BCUT2D eigenvalue weighted by Gasteiger charge is 2.31. The van der Waals surface area contributed by atoms with Crippen LogP contribution in [-0.4, -0.2) is 41.7 Å². The van der Waals surface area contributed by atoms with Crippen molar-refractivity contribution < 1.29 is 9.90 Å². The van der Waals surface area contributed by atoms with Gasteiger partial charge in [0.25, 0.3) is 0 Å². The van der Waals surface area contributed by atoms with Crippen molar-refractivity contribution in [3.8, 4) is 0 Å². The summed E-state index contributed by atoms with van der Waals surface area (Å²) in [5.74, 6) is 0.497. The molecule has 148 valence electrons. The maximum absolute atomic E-state index is 12.5. The van der Waals surface area contributed by atoms with Crippen molar-refractivity contribution in [1.82, 2.24) is 4.90 Å². The number of carbonyl (C=O) groups is 1. The number of halogens is 2. The zero-order valence-electron chi connectivity index (χ0n) is 15.1. The molecule has 2 aliphatic rings. The minimum atomic E-state index is -0.145. The fraction of sp³-hybridized carbons (Fsp3) is 0.632. The molecule has 1 aliphatic carbocycles. The first-order valence-corrected chi connectivity index (χ1v) is 9.16. The summed E-state index contributed by atoms with van der Waals surface area (Å²) in [6.45, 7) is 3.32. The number of nitrogens with two attached hydrogens (primary N) is 1. The third-order valence-corrected chi connectivity index (χ3v) is 5.46. The van der Waals surface area contributed by atoms with Crippen LogP contribution >= 0.6 is 24.8 Å². The Labute approximate surface area is 168 Å². The van der Waals surface area contributed by atoms with Crippen molar-refractivity contribution in [2.45, 2.75) is 44.8 Å². The number of aliphatic hydroxyl groups is 1. The average molecular weight is 404 g/mol. The van der Waals surface area contributed by atoms with Gasteiger partial charge in [-0.15, -0.1) is 24.8 Å². The van der Waals surface area contributed by atoms with Crippen LogP contribution in [0.3, 0.4) is 0 Å². The summed E-state index contributed by atoms with van der Waals surface area (Å²) in [7, 11) is 0. The third kappa shape index (κ3) is 6.10. The maximum atomic E-state index is 12.5. The Bertz CT molecular complexity index is 565. The molecule has 1 amide bonds. The molecule has 1 saturated heterocycles. The molecule has 0 bridgehead atoms. The van der Waals surface area contributed by atoms with Gasteiger partial charge in [0.1, 0.15) is 0 Å². The van der Waals surface area contributed by atoms with Crippen LogP contribution in [0.1, 0.15) is 37.7 Å². The van der Waals surface area contributed by atoms with Crippen LogP contribution in [0.2, 0.25) is 0 Å². The summed E-state index contributed by atoms with van der Waals surface area (Å²) in [4.78, 5) is 14.9. The van der Waals surface area contributed by atoms with Gasteiger partial charge in [0.05, 0.1) is 6.10 Å². The van der Waals surface area contributed by atoms with Gasteiger partial charge < -0.3 is 16.2 Å². The Kier molecular flexibility index (Phi) is 9.90. The number of amides is 1. The van der Waals surface area contributed by atoms with Gasteiger partial charge in [0.2, 0.25) is 5.91 Å². The lowest BCUT2D eigenvalue weighted by molar-refractivity contribution is -0.120. The molecule has 3 rings (SSSR count). The Morgan fingerprint density at radius 3 is 2.62 bits per heavy atom. The molecule has 1 heterocycles. The van der Waals surface area contributed by atoms with Crippen LogP contribution in [0.5, 0.6) is 0 Å². The molecule has 0 spiro atoms. The molecule has 1 aromatic carbocycles. The molecule has 26 heavy (non-hydrogen) atoms. The Morgan fingerprint density at radius 1 is 1.19 bits per heavy atom. The van der Waals surface area contributed by atoms with Gasteiger partial charge in [0, 0.05) is 31.2 Å². The molecular weight excluding hydrogens is 373 g/mol. The average Bonchev–Trinajstić information content (AvgIpc) is 3.06. The van der Waals surface area contributed by atoms with Gasteiger partial charge >= 0.3 is 0 Å². The number of nitrogens with zero attached hydrogens (tertiary/aromatic N) is 1. The quantitative estimate of drug-likeness (QED) is 0.705. The standard InChI is InChI=1S/C19H29N3O2.2ClH/c20-12-15-4-2-6-18(15)19(24)21-16-5-1-3-14(11-16)13-22-9-7-17(23)8-10-22;;/h1,3,5,11,15,17-18,23H,2,4,6-10,12-13,20H2,(H,21,24);2*1H/t15-,18-;;/m1../s1. The number of likely N-dealkylation sites (tertiary alicyclic amines) is 1. The molecule has 7 heteroatoms. The summed E-state index contributed by atoms with van der Waals surface area (Å²) in [6.07, 6.45) is 4.66. The van der Waals surface area contributed by atoms with E-state index in [1.165, 1.54) is 5.56 Å². The van der Waals surface area contributed by atoms with E-state index in [0.717, 1.165) is 57.4 Å². The van der Waals surface area contributed by atoms with Crippen molar-refractivity contribution in [2.24, 2.45) is 17.6 Å². The smallest absolute Gasteiger partial charge is 0.227 e. The fourth-order valence-corrected chi connectivity index (χ4v) is 3.98. The number of hydrogen-bond donors (Lipinski definition) is 3. The minimum absolute atomic E-state index is 0. The first-order valence-electron chi connectivity index (χ1n) is 9.16. The second-order valence-corrected chi connectivity index (χ2v) is 7.23. The molecule has 0 unspecified atom stereocenters. The maximum Gasteiger partial charge on any atom is 0.227 e. The number of nitrogens with one attached hydrogen (secondary N) is 1. The van der Waals surface area contributed by atoms with Crippen LogP contribution < -0.4 is 11.1 Å². The summed E-state index contributed by atoms with van der Waals surface area (Å²) >= 11 is 0. The second kappa shape index (κ2) is 11.1. The molecule has 1 aromatic rings. The highest BCUT2D eigenvalue weighted by atomic mass is 35.5. The topological polar surface area (TPSA) is 78.6 Å². The minimum Gasteiger partial charge on any atom is -0.393 e. The Morgan fingerprint density at radius 2 is 1.92 bits per heavy atom. The Hall–Kier alpha value is -0.850.